The Morgan fingerprint density at radius 1 is 1.15 bits per heavy atom. The molecule has 0 radical (unpaired) electrons. The molecule has 0 spiro atoms. The third-order valence-electron chi connectivity index (χ3n) is 4.18. The van der Waals surface area contributed by atoms with Gasteiger partial charge in [0, 0.05) is 23.9 Å². The lowest BCUT2D eigenvalue weighted by atomic mass is 10.2. The fourth-order valence-electron chi connectivity index (χ4n) is 2.69. The zero-order valence-corrected chi connectivity index (χ0v) is 15.3. The van der Waals surface area contributed by atoms with E-state index in [4.69, 9.17) is 21.1 Å². The summed E-state index contributed by atoms with van der Waals surface area (Å²) in [5.74, 6) is 0.733. The molecule has 0 aliphatic carbocycles. The van der Waals surface area contributed by atoms with E-state index in [1.165, 1.54) is 0 Å². The standard InChI is InChI=1S/C20H23ClN2O3/c21-16-5-3-15(4-6-16)14-26-18-9-7-17(8-10-18)22-13-20(24)23-12-19-2-1-11-25-19/h3-10,19,22H,1-2,11-14H2,(H,23,24). The van der Waals surface area contributed by atoms with E-state index >= 15 is 0 Å². The summed E-state index contributed by atoms with van der Waals surface area (Å²) in [5.41, 5.74) is 1.93. The summed E-state index contributed by atoms with van der Waals surface area (Å²) in [6.45, 7) is 2.09. The molecule has 1 heterocycles. The monoisotopic (exact) mass is 374 g/mol. The molecule has 1 aliphatic rings. The molecule has 1 fully saturated rings. The average molecular weight is 375 g/mol. The summed E-state index contributed by atoms with van der Waals surface area (Å²) < 4.78 is 11.2. The first-order valence-corrected chi connectivity index (χ1v) is 9.16. The highest BCUT2D eigenvalue weighted by molar-refractivity contribution is 6.30. The molecule has 1 amide bonds. The van der Waals surface area contributed by atoms with Crippen LogP contribution in [0.1, 0.15) is 18.4 Å². The van der Waals surface area contributed by atoms with Gasteiger partial charge in [0.25, 0.3) is 0 Å². The van der Waals surface area contributed by atoms with Gasteiger partial charge in [-0.3, -0.25) is 4.79 Å². The Hall–Kier alpha value is -2.24. The zero-order valence-electron chi connectivity index (χ0n) is 14.5. The molecule has 0 bridgehead atoms. The van der Waals surface area contributed by atoms with Crippen molar-refractivity contribution in [3.05, 3.63) is 59.1 Å². The summed E-state index contributed by atoms with van der Waals surface area (Å²) in [5, 5.41) is 6.70. The van der Waals surface area contributed by atoms with Crippen LogP contribution in [0.4, 0.5) is 5.69 Å². The quantitative estimate of drug-likeness (QED) is 0.740. The topological polar surface area (TPSA) is 59.6 Å². The van der Waals surface area contributed by atoms with Crippen molar-refractivity contribution in [2.75, 3.05) is 25.0 Å². The van der Waals surface area contributed by atoms with Crippen molar-refractivity contribution in [1.82, 2.24) is 5.32 Å². The van der Waals surface area contributed by atoms with Gasteiger partial charge in [-0.25, -0.2) is 0 Å². The minimum Gasteiger partial charge on any atom is -0.489 e. The minimum atomic E-state index is -0.0384. The molecule has 2 aromatic carbocycles. The van der Waals surface area contributed by atoms with E-state index in [2.05, 4.69) is 10.6 Å². The molecule has 1 saturated heterocycles. The molecule has 3 rings (SSSR count). The summed E-state index contributed by atoms with van der Waals surface area (Å²) in [7, 11) is 0. The number of ether oxygens (including phenoxy) is 2. The van der Waals surface area contributed by atoms with E-state index < -0.39 is 0 Å². The first kappa shape index (κ1) is 18.5. The zero-order chi connectivity index (χ0) is 18.2. The lowest BCUT2D eigenvalue weighted by molar-refractivity contribution is -0.119. The molecule has 0 aromatic heterocycles. The van der Waals surface area contributed by atoms with Crippen LogP contribution in [-0.2, 0) is 16.1 Å². The highest BCUT2D eigenvalue weighted by atomic mass is 35.5. The normalized spacial score (nSPS) is 16.3. The highest BCUT2D eigenvalue weighted by Crippen LogP contribution is 2.18. The van der Waals surface area contributed by atoms with Crippen molar-refractivity contribution in [3.63, 3.8) is 0 Å². The van der Waals surface area contributed by atoms with E-state index in [1.807, 2.05) is 48.5 Å². The Kier molecular flexibility index (Phi) is 6.75. The van der Waals surface area contributed by atoms with Crippen molar-refractivity contribution >= 4 is 23.2 Å². The molecule has 1 atom stereocenters. The van der Waals surface area contributed by atoms with Gasteiger partial charge in [0.2, 0.25) is 5.91 Å². The van der Waals surface area contributed by atoms with Crippen LogP contribution in [0.3, 0.4) is 0 Å². The van der Waals surface area contributed by atoms with Crippen LogP contribution in [0.25, 0.3) is 0 Å². The van der Waals surface area contributed by atoms with Crippen LogP contribution in [-0.4, -0.2) is 31.7 Å². The van der Waals surface area contributed by atoms with Gasteiger partial charge >= 0.3 is 0 Å². The summed E-state index contributed by atoms with van der Waals surface area (Å²) >= 11 is 5.87. The van der Waals surface area contributed by atoms with E-state index in [0.29, 0.717) is 18.2 Å². The average Bonchev–Trinajstić information content (AvgIpc) is 3.19. The summed E-state index contributed by atoms with van der Waals surface area (Å²) in [6.07, 6.45) is 2.26. The fourth-order valence-corrected chi connectivity index (χ4v) is 2.82. The predicted octanol–water partition coefficient (Wildman–Crippen LogP) is 3.63. The number of anilines is 1. The van der Waals surface area contributed by atoms with E-state index in [0.717, 1.165) is 36.4 Å². The third kappa shape index (κ3) is 5.93. The smallest absolute Gasteiger partial charge is 0.239 e. The lowest BCUT2D eigenvalue weighted by Gasteiger charge is -2.12. The number of hydrogen-bond acceptors (Lipinski definition) is 4. The number of hydrogen-bond donors (Lipinski definition) is 2. The highest BCUT2D eigenvalue weighted by Gasteiger charge is 2.15. The van der Waals surface area contributed by atoms with Gasteiger partial charge in [0.1, 0.15) is 12.4 Å². The van der Waals surface area contributed by atoms with Gasteiger partial charge in [-0.1, -0.05) is 23.7 Å². The van der Waals surface area contributed by atoms with Crippen LogP contribution in [0.15, 0.2) is 48.5 Å². The van der Waals surface area contributed by atoms with Crippen molar-refractivity contribution in [1.29, 1.82) is 0 Å². The Labute approximate surface area is 158 Å². The van der Waals surface area contributed by atoms with Crippen molar-refractivity contribution in [3.8, 4) is 5.75 Å². The largest absolute Gasteiger partial charge is 0.489 e. The first-order chi connectivity index (χ1) is 12.7. The number of rotatable bonds is 8. The molecule has 2 aromatic rings. The number of halogens is 1. The number of amides is 1. The number of carbonyl (C=O) groups excluding carboxylic acids is 1. The molecule has 1 aliphatic heterocycles. The van der Waals surface area contributed by atoms with E-state index in [1.54, 1.807) is 0 Å². The van der Waals surface area contributed by atoms with Crippen molar-refractivity contribution in [2.45, 2.75) is 25.6 Å². The van der Waals surface area contributed by atoms with Crippen LogP contribution >= 0.6 is 11.6 Å². The minimum absolute atomic E-state index is 0.0384. The fraction of sp³-hybridized carbons (Fsp3) is 0.350. The molecule has 6 heteroatoms. The molecule has 1 unspecified atom stereocenters. The Morgan fingerprint density at radius 3 is 2.62 bits per heavy atom. The maximum Gasteiger partial charge on any atom is 0.239 e. The maximum atomic E-state index is 11.9. The van der Waals surface area contributed by atoms with Crippen molar-refractivity contribution in [2.24, 2.45) is 0 Å². The Bertz CT molecular complexity index is 698. The Balaban J connectivity index is 1.38. The van der Waals surface area contributed by atoms with Crippen LogP contribution < -0.4 is 15.4 Å². The molecule has 0 saturated carbocycles. The van der Waals surface area contributed by atoms with Gasteiger partial charge in [0.05, 0.1) is 12.6 Å². The Morgan fingerprint density at radius 2 is 1.92 bits per heavy atom. The van der Waals surface area contributed by atoms with Gasteiger partial charge in [-0.15, -0.1) is 0 Å². The summed E-state index contributed by atoms with van der Waals surface area (Å²) in [6, 6.07) is 15.1. The third-order valence-corrected chi connectivity index (χ3v) is 4.43. The summed E-state index contributed by atoms with van der Waals surface area (Å²) in [4.78, 5) is 11.9. The number of benzene rings is 2. The first-order valence-electron chi connectivity index (χ1n) is 8.78. The van der Waals surface area contributed by atoms with E-state index in [-0.39, 0.29) is 18.6 Å². The van der Waals surface area contributed by atoms with Crippen LogP contribution in [0.2, 0.25) is 5.02 Å². The lowest BCUT2D eigenvalue weighted by Crippen LogP contribution is -2.35. The maximum absolute atomic E-state index is 11.9. The molecule has 138 valence electrons. The second-order valence-electron chi connectivity index (χ2n) is 6.23. The predicted molar refractivity (Wildman–Crippen MR) is 103 cm³/mol. The molecular formula is C20H23ClN2O3. The van der Waals surface area contributed by atoms with Gasteiger partial charge in [-0.05, 0) is 54.8 Å². The van der Waals surface area contributed by atoms with Crippen LogP contribution in [0.5, 0.6) is 5.75 Å². The molecule has 2 N–H and O–H groups in total. The van der Waals surface area contributed by atoms with Gasteiger partial charge < -0.3 is 20.1 Å². The molecule has 26 heavy (non-hydrogen) atoms. The van der Waals surface area contributed by atoms with Gasteiger partial charge in [-0.2, -0.15) is 0 Å². The second kappa shape index (κ2) is 9.46. The SMILES string of the molecule is O=C(CNc1ccc(OCc2ccc(Cl)cc2)cc1)NCC1CCCO1. The molecular weight excluding hydrogens is 352 g/mol. The van der Waals surface area contributed by atoms with Crippen molar-refractivity contribution < 1.29 is 14.3 Å². The van der Waals surface area contributed by atoms with Crippen LogP contribution in [0, 0.1) is 0 Å². The number of carbonyl (C=O) groups is 1. The second-order valence-corrected chi connectivity index (χ2v) is 6.67. The molecule has 5 nitrogen and oxygen atoms in total. The number of nitrogens with one attached hydrogen (secondary N) is 2. The van der Waals surface area contributed by atoms with E-state index in [9.17, 15) is 4.79 Å². The van der Waals surface area contributed by atoms with Gasteiger partial charge in [0.15, 0.2) is 0 Å².